The van der Waals surface area contributed by atoms with Gasteiger partial charge in [0.1, 0.15) is 5.84 Å². The molecule has 5 aromatic carbocycles. The molecule has 0 aromatic heterocycles. The molecule has 0 heterocycles. The highest BCUT2D eigenvalue weighted by Crippen LogP contribution is 2.42. The van der Waals surface area contributed by atoms with E-state index in [1.54, 1.807) is 6.20 Å². The number of amidine groups is 1. The molecule has 333 valence electrons. The van der Waals surface area contributed by atoms with Crippen molar-refractivity contribution in [2.24, 2.45) is 10.9 Å². The zero-order valence-corrected chi connectivity index (χ0v) is 39.2. The smallest absolute Gasteiger partial charge is 0.128 e. The Hall–Kier alpha value is -7.49. The van der Waals surface area contributed by atoms with Crippen LogP contribution in [0.15, 0.2) is 259 Å². The van der Waals surface area contributed by atoms with Crippen molar-refractivity contribution in [1.82, 2.24) is 5.32 Å². The summed E-state index contributed by atoms with van der Waals surface area (Å²) >= 11 is 0. The van der Waals surface area contributed by atoms with E-state index >= 15 is 0 Å². The molecule has 9 rings (SSSR count). The summed E-state index contributed by atoms with van der Waals surface area (Å²) in [5, 5.41) is 3.24. The fraction of sp³-hybridized carbons (Fsp3) is 0.156. The van der Waals surface area contributed by atoms with E-state index in [0.29, 0.717) is 18.4 Å². The number of allylic oxidation sites excluding steroid dienone is 16. The van der Waals surface area contributed by atoms with E-state index < -0.39 is 0 Å². The fourth-order valence-corrected chi connectivity index (χ4v) is 8.91. The van der Waals surface area contributed by atoms with E-state index in [9.17, 15) is 0 Å². The average Bonchev–Trinajstić information content (AvgIpc) is 4.23. The highest BCUT2D eigenvalue weighted by atomic mass is 15.1. The van der Waals surface area contributed by atoms with Crippen LogP contribution in [0.2, 0.25) is 0 Å². The third kappa shape index (κ3) is 12.2. The molecule has 0 bridgehead atoms. The summed E-state index contributed by atoms with van der Waals surface area (Å²) in [6, 6.07) is 47.5. The van der Waals surface area contributed by atoms with E-state index in [-0.39, 0.29) is 0 Å². The van der Waals surface area contributed by atoms with Crippen molar-refractivity contribution in [3.8, 4) is 11.1 Å². The van der Waals surface area contributed by atoms with Gasteiger partial charge in [-0.15, -0.1) is 0 Å². The number of nitrogens with zero attached hydrogens (tertiary/aromatic N) is 2. The normalized spacial score (nSPS) is 18.0. The van der Waals surface area contributed by atoms with Gasteiger partial charge in [-0.25, -0.2) is 0 Å². The lowest BCUT2D eigenvalue weighted by atomic mass is 9.83. The van der Waals surface area contributed by atoms with E-state index in [1.807, 2.05) is 0 Å². The molecule has 5 aromatic rings. The van der Waals surface area contributed by atoms with E-state index in [1.165, 1.54) is 61.2 Å². The van der Waals surface area contributed by atoms with Crippen LogP contribution in [0, 0.1) is 19.3 Å². The molecule has 2 unspecified atom stereocenters. The van der Waals surface area contributed by atoms with Crippen LogP contribution in [-0.4, -0.2) is 12.4 Å². The molecule has 1 radical (unpaired) electrons. The number of aryl methyl sites for hydroxylation is 1. The molecule has 1 N–H and O–H groups in total. The number of aliphatic imine (C=N–C) groups is 1. The van der Waals surface area contributed by atoms with Crippen LogP contribution < -0.4 is 10.2 Å². The Labute approximate surface area is 400 Å². The lowest BCUT2D eigenvalue weighted by Crippen LogP contribution is -2.21. The fourth-order valence-electron chi connectivity index (χ4n) is 8.91. The van der Waals surface area contributed by atoms with Crippen molar-refractivity contribution in [3.63, 3.8) is 0 Å². The van der Waals surface area contributed by atoms with Crippen LogP contribution in [-0.2, 0) is 0 Å². The molecule has 0 amide bonds. The van der Waals surface area contributed by atoms with Crippen molar-refractivity contribution < 1.29 is 0 Å². The first kappa shape index (κ1) is 46.1. The quantitative estimate of drug-likeness (QED) is 0.0684. The second kappa shape index (κ2) is 23.1. The summed E-state index contributed by atoms with van der Waals surface area (Å²) < 4.78 is 0. The largest absolute Gasteiger partial charge is 0.347 e. The van der Waals surface area contributed by atoms with Crippen molar-refractivity contribution in [1.29, 1.82) is 0 Å². The highest BCUT2D eigenvalue weighted by molar-refractivity contribution is 5.99. The topological polar surface area (TPSA) is 27.6 Å². The maximum Gasteiger partial charge on any atom is 0.128 e. The lowest BCUT2D eigenvalue weighted by molar-refractivity contribution is 0.704. The third-order valence-corrected chi connectivity index (χ3v) is 12.6. The molecular weight excluding hydrogens is 811 g/mol. The first-order chi connectivity index (χ1) is 33.0. The summed E-state index contributed by atoms with van der Waals surface area (Å²) in [4.78, 5) is 7.15. The zero-order valence-electron chi connectivity index (χ0n) is 39.2. The van der Waals surface area contributed by atoms with Gasteiger partial charge in [-0.1, -0.05) is 196 Å². The second-order valence-corrected chi connectivity index (χ2v) is 17.3. The number of nitrogens with one attached hydrogen (secondary N) is 1. The SMILES string of the molecule is C=CNC(=NCC1=CCC(c2ccc(N(/C=C/C=C(\C=C/C)c3ccccc3)c3ccc(-c4ccccc4)cc3)cc2)C=C1)C1=CC=CCC1.Cc1ccccc1C1=C(C2=C[CH]2)C(C)CC=C1. The predicted molar refractivity (Wildman–Crippen MR) is 289 cm³/mol. The first-order valence-electron chi connectivity index (χ1n) is 23.8. The maximum atomic E-state index is 4.90. The van der Waals surface area contributed by atoms with Crippen molar-refractivity contribution in [3.05, 3.63) is 282 Å². The molecule has 3 nitrogen and oxygen atoms in total. The number of rotatable bonds is 14. The van der Waals surface area contributed by atoms with Crippen LogP contribution in [0.25, 0.3) is 22.3 Å². The molecule has 0 saturated heterocycles. The van der Waals surface area contributed by atoms with Crippen LogP contribution >= 0.6 is 0 Å². The highest BCUT2D eigenvalue weighted by Gasteiger charge is 2.25. The van der Waals surface area contributed by atoms with Gasteiger partial charge < -0.3 is 10.2 Å². The minimum absolute atomic E-state index is 0.333. The number of benzene rings is 5. The Balaban J connectivity index is 0.000000297. The molecular formula is C64H62N3. The van der Waals surface area contributed by atoms with Gasteiger partial charge >= 0.3 is 0 Å². The molecule has 0 saturated carbocycles. The Bertz CT molecular complexity index is 2830. The van der Waals surface area contributed by atoms with E-state index in [4.69, 9.17) is 4.99 Å². The lowest BCUT2D eigenvalue weighted by Gasteiger charge is -2.23. The number of hydrogen-bond donors (Lipinski definition) is 1. The van der Waals surface area contributed by atoms with E-state index in [2.05, 4.69) is 263 Å². The molecule has 3 heteroatoms. The Morgan fingerprint density at radius 3 is 2.15 bits per heavy atom. The van der Waals surface area contributed by atoms with Gasteiger partial charge in [0.15, 0.2) is 0 Å². The molecule has 0 fully saturated rings. The summed E-state index contributed by atoms with van der Waals surface area (Å²) in [7, 11) is 0. The van der Waals surface area contributed by atoms with Crippen LogP contribution in [0.5, 0.6) is 0 Å². The van der Waals surface area contributed by atoms with Crippen molar-refractivity contribution in [2.45, 2.75) is 52.4 Å². The van der Waals surface area contributed by atoms with Gasteiger partial charge in [0, 0.05) is 29.9 Å². The first-order valence-corrected chi connectivity index (χ1v) is 23.8. The molecule has 67 heavy (non-hydrogen) atoms. The van der Waals surface area contributed by atoms with Gasteiger partial charge in [-0.05, 0) is 149 Å². The van der Waals surface area contributed by atoms with Gasteiger partial charge in [0.2, 0.25) is 0 Å². The monoisotopic (exact) mass is 872 g/mol. The standard InChI is InChI=1S/C47H45N3.C17H17/c1-3-15-38(39-16-8-5-9-17-39)22-14-35-50(45-31-27-42(28-32-45)40-18-10-6-11-19-40)46-33-29-43(30-34-46)41-25-23-37(24-26-41)36-49-47(48-4-2)44-20-12-7-13-21-44;1-12-6-3-4-8-15(12)16-9-5-7-13(2)17(16)14-10-11-14/h3-12,14-20,22-25,27-35,41H,2,13,21,26,36H2,1H3,(H,48,49);3-6,8-11,13H,7H2,1-2H3/b15-3-,35-14+,38-22+;. The minimum atomic E-state index is 0.333. The van der Waals surface area contributed by atoms with Gasteiger partial charge in [-0.3, -0.25) is 4.99 Å². The van der Waals surface area contributed by atoms with Gasteiger partial charge in [0.05, 0.1) is 6.54 Å². The minimum Gasteiger partial charge on any atom is -0.347 e. The molecule has 4 aliphatic carbocycles. The summed E-state index contributed by atoms with van der Waals surface area (Å²) in [6.07, 6.45) is 39.0. The third-order valence-electron chi connectivity index (χ3n) is 12.6. The Kier molecular flexibility index (Phi) is 15.9. The number of anilines is 2. The molecule has 2 atom stereocenters. The Morgan fingerprint density at radius 2 is 1.49 bits per heavy atom. The van der Waals surface area contributed by atoms with Crippen LogP contribution in [0.4, 0.5) is 11.4 Å². The summed E-state index contributed by atoms with van der Waals surface area (Å²) in [5.41, 5.74) is 17.9. The van der Waals surface area contributed by atoms with Crippen LogP contribution in [0.3, 0.4) is 0 Å². The molecule has 0 spiro atoms. The van der Waals surface area contributed by atoms with E-state index in [0.717, 1.165) is 48.5 Å². The van der Waals surface area contributed by atoms with Crippen molar-refractivity contribution in [2.75, 3.05) is 11.4 Å². The van der Waals surface area contributed by atoms with Gasteiger partial charge in [0.25, 0.3) is 0 Å². The summed E-state index contributed by atoms with van der Waals surface area (Å²) in [6.45, 7) is 11.1. The molecule has 0 aliphatic heterocycles. The zero-order chi connectivity index (χ0) is 46.2. The average molecular weight is 873 g/mol. The Morgan fingerprint density at radius 1 is 0.791 bits per heavy atom. The van der Waals surface area contributed by atoms with Crippen molar-refractivity contribution >= 4 is 28.4 Å². The second-order valence-electron chi connectivity index (χ2n) is 17.3. The summed E-state index contributed by atoms with van der Waals surface area (Å²) in [5.74, 6) is 1.89. The molecule has 4 aliphatic rings. The predicted octanol–water partition coefficient (Wildman–Crippen LogP) is 16.5. The van der Waals surface area contributed by atoms with Gasteiger partial charge in [-0.2, -0.15) is 0 Å². The van der Waals surface area contributed by atoms with Crippen LogP contribution in [0.1, 0.15) is 67.7 Å². The number of hydrogen-bond acceptors (Lipinski definition) is 2. The maximum absolute atomic E-state index is 4.90.